The van der Waals surface area contributed by atoms with E-state index in [1.54, 1.807) is 0 Å². The summed E-state index contributed by atoms with van der Waals surface area (Å²) in [7, 11) is 0. The quantitative estimate of drug-likeness (QED) is 0.536. The molecule has 0 saturated heterocycles. The molecule has 4 rings (SSSR count). The highest BCUT2D eigenvalue weighted by molar-refractivity contribution is 5.79. The molecule has 0 heterocycles. The highest BCUT2D eigenvalue weighted by Crippen LogP contribution is 2.68. The molecular weight excluding hydrogens is 368 g/mol. The van der Waals surface area contributed by atoms with E-state index in [1.165, 1.54) is 69.2 Å². The van der Waals surface area contributed by atoms with E-state index in [0.29, 0.717) is 17.4 Å². The third kappa shape index (κ3) is 3.71. The smallest absolute Gasteiger partial charge is 0.0546 e. The number of aliphatic hydroxyl groups excluding tert-OH is 1. The Kier molecular flexibility index (Phi) is 6.25. The molecule has 9 unspecified atom stereocenters. The standard InChI is InChI=1S/C27H46N2O/c1-17(2)28-16-27-14-12-24-22(25(27)10-9-23(27)19(5)30)8-7-20-15-21(29-18(3)4)11-13-26(20,24)6/h19-25,30H,7-16H2,1-6H3. The van der Waals surface area contributed by atoms with Gasteiger partial charge in [-0.2, -0.15) is 0 Å². The molecule has 0 spiro atoms. The van der Waals surface area contributed by atoms with Crippen LogP contribution in [0.25, 0.3) is 0 Å². The fourth-order valence-electron chi connectivity index (χ4n) is 8.91. The minimum atomic E-state index is -0.198. The number of hydrogen-bond acceptors (Lipinski definition) is 3. The molecule has 0 amide bonds. The molecule has 170 valence electrons. The van der Waals surface area contributed by atoms with Crippen LogP contribution in [-0.2, 0) is 0 Å². The molecule has 0 aromatic heterocycles. The van der Waals surface area contributed by atoms with E-state index in [9.17, 15) is 5.11 Å². The Balaban J connectivity index is 1.59. The lowest BCUT2D eigenvalue weighted by atomic mass is 9.44. The Morgan fingerprint density at radius 2 is 1.70 bits per heavy atom. The van der Waals surface area contributed by atoms with Crippen LogP contribution >= 0.6 is 0 Å². The van der Waals surface area contributed by atoms with Crippen LogP contribution in [0.1, 0.15) is 99.3 Å². The van der Waals surface area contributed by atoms with Gasteiger partial charge in [0.15, 0.2) is 0 Å². The van der Waals surface area contributed by atoms with Crippen LogP contribution in [0.4, 0.5) is 0 Å². The second kappa shape index (κ2) is 8.34. The lowest BCUT2D eigenvalue weighted by molar-refractivity contribution is -0.122. The van der Waals surface area contributed by atoms with E-state index in [1.807, 2.05) is 6.92 Å². The Hall–Kier alpha value is -0.700. The van der Waals surface area contributed by atoms with Crippen molar-refractivity contribution in [1.29, 1.82) is 0 Å². The van der Waals surface area contributed by atoms with Crippen molar-refractivity contribution < 1.29 is 5.11 Å². The Labute approximate surface area is 185 Å². The summed E-state index contributed by atoms with van der Waals surface area (Å²) in [6.45, 7) is 14.2. The number of nitrogens with zero attached hydrogens (tertiary/aromatic N) is 2. The van der Waals surface area contributed by atoms with Crippen molar-refractivity contribution in [2.75, 3.05) is 6.54 Å². The lowest BCUT2D eigenvalue weighted by Crippen LogP contribution is -2.55. The van der Waals surface area contributed by atoms with Gasteiger partial charge >= 0.3 is 0 Å². The van der Waals surface area contributed by atoms with Gasteiger partial charge in [0.2, 0.25) is 0 Å². The Bertz CT molecular complexity index is 689. The highest BCUT2D eigenvalue weighted by atomic mass is 16.3. The molecule has 30 heavy (non-hydrogen) atoms. The molecule has 3 heteroatoms. The molecule has 4 fully saturated rings. The van der Waals surface area contributed by atoms with Crippen LogP contribution in [-0.4, -0.2) is 35.2 Å². The summed E-state index contributed by atoms with van der Waals surface area (Å²) in [5.74, 6) is 3.79. The lowest BCUT2D eigenvalue weighted by Gasteiger charge is -2.61. The number of hydrogen-bond donors (Lipinski definition) is 1. The zero-order valence-electron chi connectivity index (χ0n) is 20.5. The van der Waals surface area contributed by atoms with Gasteiger partial charge in [0, 0.05) is 18.0 Å². The molecule has 1 N–H and O–H groups in total. The van der Waals surface area contributed by atoms with Gasteiger partial charge in [-0.1, -0.05) is 6.92 Å². The van der Waals surface area contributed by atoms with Crippen molar-refractivity contribution in [2.24, 2.45) is 50.4 Å². The number of fused-ring (bicyclic) bond motifs is 5. The Morgan fingerprint density at radius 1 is 0.933 bits per heavy atom. The van der Waals surface area contributed by atoms with Crippen LogP contribution in [0.2, 0.25) is 0 Å². The van der Waals surface area contributed by atoms with Crippen molar-refractivity contribution in [3.63, 3.8) is 0 Å². The van der Waals surface area contributed by atoms with Crippen LogP contribution in [0, 0.1) is 40.4 Å². The zero-order chi connectivity index (χ0) is 21.7. The van der Waals surface area contributed by atoms with E-state index < -0.39 is 0 Å². The molecule has 4 saturated carbocycles. The Morgan fingerprint density at radius 3 is 2.37 bits per heavy atom. The molecule has 3 nitrogen and oxygen atoms in total. The molecule has 9 atom stereocenters. The largest absolute Gasteiger partial charge is 0.393 e. The fourth-order valence-corrected chi connectivity index (χ4v) is 8.91. The molecule has 0 radical (unpaired) electrons. The second-order valence-corrected chi connectivity index (χ2v) is 12.1. The molecular formula is C27H46N2O. The summed E-state index contributed by atoms with van der Waals surface area (Å²) in [5, 5.41) is 10.7. The van der Waals surface area contributed by atoms with Gasteiger partial charge in [-0.25, -0.2) is 0 Å². The predicted octanol–water partition coefficient (Wildman–Crippen LogP) is 6.34. The summed E-state index contributed by atoms with van der Waals surface area (Å²) in [4.78, 5) is 9.95. The van der Waals surface area contributed by atoms with Gasteiger partial charge < -0.3 is 5.11 Å². The highest BCUT2D eigenvalue weighted by Gasteiger charge is 2.62. The van der Waals surface area contributed by atoms with Crippen molar-refractivity contribution >= 4 is 11.4 Å². The predicted molar refractivity (Wildman–Crippen MR) is 127 cm³/mol. The van der Waals surface area contributed by atoms with E-state index in [4.69, 9.17) is 9.98 Å². The first-order valence-corrected chi connectivity index (χ1v) is 12.8. The number of aliphatic hydroxyl groups is 1. The maximum Gasteiger partial charge on any atom is 0.0546 e. The maximum atomic E-state index is 10.7. The molecule has 0 aromatic carbocycles. The van der Waals surface area contributed by atoms with Crippen molar-refractivity contribution in [3.05, 3.63) is 0 Å². The van der Waals surface area contributed by atoms with Crippen LogP contribution in [0.3, 0.4) is 0 Å². The van der Waals surface area contributed by atoms with Gasteiger partial charge in [0.25, 0.3) is 0 Å². The topological polar surface area (TPSA) is 45.0 Å². The van der Waals surface area contributed by atoms with Gasteiger partial charge in [-0.3, -0.25) is 9.98 Å². The summed E-state index contributed by atoms with van der Waals surface area (Å²) in [6, 6.07) is 0.570. The molecule has 0 aliphatic heterocycles. The molecule has 0 aromatic rings. The monoisotopic (exact) mass is 414 g/mol. The summed E-state index contributed by atoms with van der Waals surface area (Å²) in [5.41, 5.74) is 3.20. The normalized spacial score (nSPS) is 46.2. The van der Waals surface area contributed by atoms with E-state index in [0.717, 1.165) is 30.2 Å². The third-order valence-electron chi connectivity index (χ3n) is 10.1. The van der Waals surface area contributed by atoms with Crippen molar-refractivity contribution in [3.8, 4) is 0 Å². The first-order chi connectivity index (χ1) is 14.2. The molecule has 4 aliphatic carbocycles. The minimum Gasteiger partial charge on any atom is -0.393 e. The molecule has 4 aliphatic rings. The molecule has 0 bridgehead atoms. The fraction of sp³-hybridized carbons (Fsp3) is 0.926. The number of rotatable bonds is 4. The van der Waals surface area contributed by atoms with E-state index in [2.05, 4.69) is 34.6 Å². The van der Waals surface area contributed by atoms with Gasteiger partial charge in [0.1, 0.15) is 0 Å². The van der Waals surface area contributed by atoms with Gasteiger partial charge in [-0.15, -0.1) is 0 Å². The van der Waals surface area contributed by atoms with E-state index in [-0.39, 0.29) is 11.5 Å². The summed E-state index contributed by atoms with van der Waals surface area (Å²) in [6.07, 6.45) is 11.7. The van der Waals surface area contributed by atoms with Crippen LogP contribution < -0.4 is 0 Å². The minimum absolute atomic E-state index is 0.198. The maximum absolute atomic E-state index is 10.7. The first kappa shape index (κ1) is 22.5. The van der Waals surface area contributed by atoms with Crippen LogP contribution in [0.15, 0.2) is 9.98 Å². The third-order valence-corrected chi connectivity index (χ3v) is 10.1. The summed E-state index contributed by atoms with van der Waals surface area (Å²) < 4.78 is 0. The SMILES string of the molecule is CC(C)=NCC12CCC3C(CCC4CC(N=C(C)C)CCC43C)C1CCC2C(C)O. The van der Waals surface area contributed by atoms with Crippen molar-refractivity contribution in [1.82, 2.24) is 0 Å². The zero-order valence-corrected chi connectivity index (χ0v) is 20.5. The summed E-state index contributed by atoms with van der Waals surface area (Å²) >= 11 is 0. The second-order valence-electron chi connectivity index (χ2n) is 12.1. The van der Waals surface area contributed by atoms with Gasteiger partial charge in [0.05, 0.1) is 12.1 Å². The average molecular weight is 415 g/mol. The van der Waals surface area contributed by atoms with E-state index >= 15 is 0 Å². The van der Waals surface area contributed by atoms with Gasteiger partial charge in [-0.05, 0) is 133 Å². The average Bonchev–Trinajstić information content (AvgIpc) is 3.06. The number of aliphatic imine (C=N–C) groups is 2. The first-order valence-electron chi connectivity index (χ1n) is 12.8. The van der Waals surface area contributed by atoms with Crippen molar-refractivity contribution in [2.45, 2.75) is 111 Å². The van der Waals surface area contributed by atoms with Crippen LogP contribution in [0.5, 0.6) is 0 Å².